The maximum atomic E-state index is 5.84. The fraction of sp³-hybridized carbons (Fsp3) is 1.00. The van der Waals surface area contributed by atoms with Gasteiger partial charge in [0, 0.05) is 18.1 Å². The van der Waals surface area contributed by atoms with Gasteiger partial charge in [-0.3, -0.25) is 0 Å². The molecule has 1 saturated carbocycles. The molecule has 2 rings (SSSR count). The highest BCUT2D eigenvalue weighted by Gasteiger charge is 2.33. The largest absolute Gasteiger partial charge is 0.328 e. The van der Waals surface area contributed by atoms with E-state index >= 15 is 0 Å². The lowest BCUT2D eigenvalue weighted by Crippen LogP contribution is -2.54. The van der Waals surface area contributed by atoms with Gasteiger partial charge in [0.15, 0.2) is 0 Å². The number of likely N-dealkylation sites (tertiary alicyclic amines) is 1. The molecule has 0 bridgehead atoms. The second kappa shape index (κ2) is 4.81. The van der Waals surface area contributed by atoms with Crippen LogP contribution >= 0.6 is 0 Å². The minimum Gasteiger partial charge on any atom is -0.328 e. The predicted octanol–water partition coefficient (Wildman–Crippen LogP) is 0.892. The number of hydrogen-bond acceptors (Lipinski definition) is 3. The van der Waals surface area contributed by atoms with Crippen LogP contribution < -0.4 is 5.73 Å². The number of piperidine rings is 1. The summed E-state index contributed by atoms with van der Waals surface area (Å²) in [7, 11) is 2.29. The Balaban J connectivity index is 1.75. The molecular formula is C12H25N3. The summed E-state index contributed by atoms with van der Waals surface area (Å²) in [6.45, 7) is 6.04. The fourth-order valence-corrected chi connectivity index (χ4v) is 2.90. The third kappa shape index (κ3) is 2.52. The topological polar surface area (TPSA) is 32.5 Å². The molecule has 15 heavy (non-hydrogen) atoms. The highest BCUT2D eigenvalue weighted by Crippen LogP contribution is 2.27. The van der Waals surface area contributed by atoms with Gasteiger partial charge in [0.1, 0.15) is 0 Å². The molecule has 0 aromatic carbocycles. The molecule has 2 fully saturated rings. The first kappa shape index (κ1) is 11.4. The lowest BCUT2D eigenvalue weighted by Gasteiger charge is -2.45. The monoisotopic (exact) mass is 211 g/mol. The Hall–Kier alpha value is -0.120. The molecule has 2 N–H and O–H groups in total. The molecule has 0 atom stereocenters. The zero-order chi connectivity index (χ0) is 10.8. The molecule has 0 spiro atoms. The van der Waals surface area contributed by atoms with Crippen LogP contribution in [-0.2, 0) is 0 Å². The average molecular weight is 211 g/mol. The number of rotatable bonds is 3. The predicted molar refractivity (Wildman–Crippen MR) is 63.9 cm³/mol. The molecule has 1 saturated heterocycles. The molecule has 88 valence electrons. The van der Waals surface area contributed by atoms with Crippen LogP contribution in [0, 0.1) is 0 Å². The Morgan fingerprint density at radius 2 is 1.80 bits per heavy atom. The van der Waals surface area contributed by atoms with Crippen LogP contribution in [0.2, 0.25) is 0 Å². The van der Waals surface area contributed by atoms with Crippen LogP contribution in [0.25, 0.3) is 0 Å². The van der Waals surface area contributed by atoms with Crippen molar-refractivity contribution in [2.24, 2.45) is 5.73 Å². The Morgan fingerprint density at radius 3 is 2.27 bits per heavy atom. The van der Waals surface area contributed by atoms with Crippen LogP contribution in [0.1, 0.15) is 32.6 Å². The molecule has 0 aromatic heterocycles. The molecule has 0 unspecified atom stereocenters. The molecule has 3 heteroatoms. The van der Waals surface area contributed by atoms with Crippen molar-refractivity contribution in [1.82, 2.24) is 9.80 Å². The summed E-state index contributed by atoms with van der Waals surface area (Å²) in [6.07, 6.45) is 5.11. The summed E-state index contributed by atoms with van der Waals surface area (Å²) in [6, 6.07) is 2.07. The van der Waals surface area contributed by atoms with Crippen LogP contribution in [0.15, 0.2) is 0 Å². The second-order valence-corrected chi connectivity index (χ2v) is 5.22. The second-order valence-electron chi connectivity index (χ2n) is 5.22. The zero-order valence-corrected chi connectivity index (χ0v) is 10.2. The minimum absolute atomic E-state index is 0.480. The van der Waals surface area contributed by atoms with E-state index < -0.39 is 0 Å². The first-order valence-electron chi connectivity index (χ1n) is 6.40. The highest BCUT2D eigenvalue weighted by atomic mass is 15.2. The molecule has 1 heterocycles. The molecule has 1 aliphatic carbocycles. The maximum Gasteiger partial charge on any atom is 0.0125 e. The van der Waals surface area contributed by atoms with E-state index in [1.807, 2.05) is 0 Å². The Labute approximate surface area is 93.6 Å². The van der Waals surface area contributed by atoms with Crippen molar-refractivity contribution in [3.05, 3.63) is 0 Å². The van der Waals surface area contributed by atoms with Crippen molar-refractivity contribution in [3.63, 3.8) is 0 Å². The SMILES string of the molecule is CCN1CCC(N(C)C2CC(N)C2)CC1. The van der Waals surface area contributed by atoms with E-state index in [1.165, 1.54) is 45.3 Å². The number of nitrogens with zero attached hydrogens (tertiary/aromatic N) is 2. The summed E-state index contributed by atoms with van der Waals surface area (Å²) in [5, 5.41) is 0. The average Bonchev–Trinajstić information content (AvgIpc) is 2.24. The Kier molecular flexibility index (Phi) is 3.65. The van der Waals surface area contributed by atoms with Crippen LogP contribution in [-0.4, -0.2) is 54.6 Å². The van der Waals surface area contributed by atoms with E-state index in [0.717, 1.165) is 12.1 Å². The normalized spacial score (nSPS) is 34.4. The quantitative estimate of drug-likeness (QED) is 0.752. The van der Waals surface area contributed by atoms with Gasteiger partial charge in [-0.2, -0.15) is 0 Å². The van der Waals surface area contributed by atoms with Crippen molar-refractivity contribution in [2.75, 3.05) is 26.7 Å². The van der Waals surface area contributed by atoms with E-state index in [4.69, 9.17) is 5.73 Å². The van der Waals surface area contributed by atoms with Gasteiger partial charge in [-0.15, -0.1) is 0 Å². The van der Waals surface area contributed by atoms with Crippen molar-refractivity contribution in [1.29, 1.82) is 0 Å². The molecule has 2 aliphatic rings. The highest BCUT2D eigenvalue weighted by molar-refractivity contribution is 4.92. The van der Waals surface area contributed by atoms with Gasteiger partial charge in [0.25, 0.3) is 0 Å². The summed E-state index contributed by atoms with van der Waals surface area (Å²) < 4.78 is 0. The summed E-state index contributed by atoms with van der Waals surface area (Å²) in [5.41, 5.74) is 5.84. The van der Waals surface area contributed by atoms with E-state index in [9.17, 15) is 0 Å². The lowest BCUT2D eigenvalue weighted by molar-refractivity contribution is 0.0560. The number of nitrogens with two attached hydrogens (primary N) is 1. The van der Waals surface area contributed by atoms with Gasteiger partial charge < -0.3 is 15.5 Å². The summed E-state index contributed by atoms with van der Waals surface area (Å²) in [5.74, 6) is 0. The van der Waals surface area contributed by atoms with E-state index in [0.29, 0.717) is 6.04 Å². The molecule has 3 nitrogen and oxygen atoms in total. The first-order chi connectivity index (χ1) is 7.20. The van der Waals surface area contributed by atoms with Crippen LogP contribution in [0.4, 0.5) is 0 Å². The van der Waals surface area contributed by atoms with Crippen molar-refractivity contribution in [3.8, 4) is 0 Å². The smallest absolute Gasteiger partial charge is 0.0125 e. The van der Waals surface area contributed by atoms with E-state index in [-0.39, 0.29) is 0 Å². The lowest BCUT2D eigenvalue weighted by atomic mass is 9.85. The van der Waals surface area contributed by atoms with Gasteiger partial charge >= 0.3 is 0 Å². The molecule has 0 amide bonds. The number of hydrogen-bond donors (Lipinski definition) is 1. The van der Waals surface area contributed by atoms with Crippen LogP contribution in [0.5, 0.6) is 0 Å². The Morgan fingerprint density at radius 1 is 1.20 bits per heavy atom. The van der Waals surface area contributed by atoms with Gasteiger partial charge in [-0.05, 0) is 52.4 Å². The summed E-state index contributed by atoms with van der Waals surface area (Å²) in [4.78, 5) is 5.15. The first-order valence-corrected chi connectivity index (χ1v) is 6.40. The van der Waals surface area contributed by atoms with Gasteiger partial charge in [0.2, 0.25) is 0 Å². The molecule has 1 aliphatic heterocycles. The van der Waals surface area contributed by atoms with Gasteiger partial charge in [-0.25, -0.2) is 0 Å². The third-order valence-corrected chi connectivity index (χ3v) is 4.31. The van der Waals surface area contributed by atoms with E-state index in [1.54, 1.807) is 0 Å². The molecule has 0 radical (unpaired) electrons. The van der Waals surface area contributed by atoms with Crippen molar-refractivity contribution >= 4 is 0 Å². The van der Waals surface area contributed by atoms with Gasteiger partial charge in [-0.1, -0.05) is 6.92 Å². The van der Waals surface area contributed by atoms with Crippen molar-refractivity contribution in [2.45, 2.75) is 50.7 Å². The van der Waals surface area contributed by atoms with E-state index in [2.05, 4.69) is 23.8 Å². The van der Waals surface area contributed by atoms with Crippen LogP contribution in [0.3, 0.4) is 0 Å². The zero-order valence-electron chi connectivity index (χ0n) is 10.2. The molecular weight excluding hydrogens is 186 g/mol. The third-order valence-electron chi connectivity index (χ3n) is 4.31. The fourth-order valence-electron chi connectivity index (χ4n) is 2.90. The maximum absolute atomic E-state index is 5.84. The molecule has 0 aromatic rings. The van der Waals surface area contributed by atoms with Crippen molar-refractivity contribution < 1.29 is 0 Å². The minimum atomic E-state index is 0.480. The van der Waals surface area contributed by atoms with Gasteiger partial charge in [0.05, 0.1) is 0 Å². The standard InChI is InChI=1S/C12H25N3/c1-3-15-6-4-11(5-7-15)14(2)12-8-10(13)9-12/h10-12H,3-9,13H2,1-2H3. The Bertz CT molecular complexity index is 193. The summed E-state index contributed by atoms with van der Waals surface area (Å²) >= 11 is 0.